The van der Waals surface area contributed by atoms with Crippen LogP contribution in [0.15, 0.2) is 30.5 Å². The molecule has 3 aliphatic rings. The highest BCUT2D eigenvalue weighted by Crippen LogP contribution is 2.30. The maximum absolute atomic E-state index is 13.0. The molecule has 0 atom stereocenters. The zero-order valence-electron chi connectivity index (χ0n) is 19.2. The van der Waals surface area contributed by atoms with Gasteiger partial charge < -0.3 is 9.80 Å². The Balaban J connectivity index is 1.19. The van der Waals surface area contributed by atoms with E-state index in [4.69, 9.17) is 4.98 Å². The Bertz CT molecular complexity index is 1030. The third kappa shape index (κ3) is 5.04. The molecule has 2 fully saturated rings. The molecule has 0 radical (unpaired) electrons. The number of aromatic nitrogens is 2. The van der Waals surface area contributed by atoms with Crippen LogP contribution in [0.2, 0.25) is 0 Å². The van der Waals surface area contributed by atoms with Gasteiger partial charge in [0, 0.05) is 57.9 Å². The summed E-state index contributed by atoms with van der Waals surface area (Å²) in [6.07, 6.45) is 2.69. The van der Waals surface area contributed by atoms with E-state index in [1.165, 1.54) is 25.3 Å². The minimum atomic E-state index is -4.41. The van der Waals surface area contributed by atoms with E-state index in [0.717, 1.165) is 61.6 Å². The highest BCUT2D eigenvalue weighted by molar-refractivity contribution is 5.79. The molecule has 0 N–H and O–H groups in total. The highest BCUT2D eigenvalue weighted by Gasteiger charge is 2.31. The van der Waals surface area contributed by atoms with Crippen molar-refractivity contribution in [2.24, 2.45) is 0 Å². The predicted molar refractivity (Wildman–Crippen MR) is 123 cm³/mol. The molecule has 182 valence electrons. The second-order valence-electron chi connectivity index (χ2n) is 9.51. The molecule has 6 nitrogen and oxygen atoms in total. The summed E-state index contributed by atoms with van der Waals surface area (Å²) in [6.45, 7) is 4.98. The Hall–Kier alpha value is -2.68. The summed E-state index contributed by atoms with van der Waals surface area (Å²) in [5.74, 6) is 0.600. The van der Waals surface area contributed by atoms with Crippen LogP contribution in [-0.2, 0) is 30.2 Å². The number of piperazine rings is 1. The van der Waals surface area contributed by atoms with Gasteiger partial charge in [-0.05, 0) is 36.5 Å². The molecule has 1 aromatic heterocycles. The second kappa shape index (κ2) is 9.52. The number of anilines is 1. The molecule has 1 aromatic carbocycles. The van der Waals surface area contributed by atoms with Gasteiger partial charge in [0.15, 0.2) is 0 Å². The van der Waals surface area contributed by atoms with Gasteiger partial charge in [-0.2, -0.15) is 13.2 Å². The van der Waals surface area contributed by atoms with Gasteiger partial charge in [-0.25, -0.2) is 9.97 Å². The van der Waals surface area contributed by atoms with Crippen molar-refractivity contribution in [3.63, 3.8) is 0 Å². The van der Waals surface area contributed by atoms with Crippen LogP contribution in [0.1, 0.15) is 41.6 Å². The van der Waals surface area contributed by atoms with Crippen LogP contribution in [0.3, 0.4) is 0 Å². The average Bonchev–Trinajstić information content (AvgIpc) is 3.00. The van der Waals surface area contributed by atoms with Gasteiger partial charge in [0.05, 0.1) is 17.7 Å². The molecule has 5 rings (SSSR count). The number of benzene rings is 1. The van der Waals surface area contributed by atoms with E-state index in [1.807, 2.05) is 6.20 Å². The number of carbonyl (C=O) groups excluding carboxylic acids is 1. The average molecular weight is 474 g/mol. The van der Waals surface area contributed by atoms with Crippen LogP contribution in [0.25, 0.3) is 0 Å². The lowest BCUT2D eigenvalue weighted by Gasteiger charge is -2.43. The molecule has 1 saturated heterocycles. The topological polar surface area (TPSA) is 52.6 Å². The Morgan fingerprint density at radius 1 is 1.03 bits per heavy atom. The van der Waals surface area contributed by atoms with Crippen LogP contribution in [-0.4, -0.2) is 71.0 Å². The number of fused-ring (bicyclic) bond motifs is 1. The van der Waals surface area contributed by atoms with Gasteiger partial charge in [-0.1, -0.05) is 24.6 Å². The molecule has 0 unspecified atom stereocenters. The molecule has 1 aliphatic carbocycles. The Kier molecular flexibility index (Phi) is 6.46. The van der Waals surface area contributed by atoms with Crippen molar-refractivity contribution in [3.05, 3.63) is 52.8 Å². The lowest BCUT2D eigenvalue weighted by Crippen LogP contribution is -2.52. The number of amides is 1. The lowest BCUT2D eigenvalue weighted by molar-refractivity contribution is -0.138. The maximum atomic E-state index is 13.0. The lowest BCUT2D eigenvalue weighted by atomic mass is 9.91. The number of alkyl halides is 3. The van der Waals surface area contributed by atoms with E-state index in [9.17, 15) is 18.0 Å². The van der Waals surface area contributed by atoms with Crippen LogP contribution < -0.4 is 4.90 Å². The molecule has 3 heterocycles. The molecule has 34 heavy (non-hydrogen) atoms. The standard InChI is InChI=1S/C25H30F3N5O/c26-25(27,28)20-4-1-3-18(15-20)16-23(34)32-9-7-19-17-29-24(30-22(19)8-10-32)33-13-11-31(12-14-33)21-5-2-6-21/h1,3-4,15,17,21H,2,5-14,16H2. The first kappa shape index (κ1) is 23.1. The molecule has 1 amide bonds. The van der Waals surface area contributed by atoms with Crippen molar-refractivity contribution in [2.75, 3.05) is 44.2 Å². The molecule has 2 aliphatic heterocycles. The number of halogens is 3. The van der Waals surface area contributed by atoms with Gasteiger partial charge in [0.1, 0.15) is 0 Å². The molecular formula is C25H30F3N5O. The Labute approximate surface area is 197 Å². The summed E-state index contributed by atoms with van der Waals surface area (Å²) in [6, 6.07) is 5.77. The molecule has 2 aromatic rings. The number of rotatable bonds is 4. The van der Waals surface area contributed by atoms with Gasteiger partial charge in [-0.15, -0.1) is 0 Å². The van der Waals surface area contributed by atoms with Gasteiger partial charge >= 0.3 is 6.18 Å². The van der Waals surface area contributed by atoms with Crippen LogP contribution in [0.5, 0.6) is 0 Å². The molecule has 0 bridgehead atoms. The smallest absolute Gasteiger partial charge is 0.342 e. The first-order chi connectivity index (χ1) is 16.4. The summed E-state index contributed by atoms with van der Waals surface area (Å²) in [4.78, 5) is 28.9. The largest absolute Gasteiger partial charge is 0.416 e. The van der Waals surface area contributed by atoms with Crippen molar-refractivity contribution < 1.29 is 18.0 Å². The Morgan fingerprint density at radius 2 is 1.79 bits per heavy atom. The predicted octanol–water partition coefficient (Wildman–Crippen LogP) is 3.34. The minimum absolute atomic E-state index is 0.0392. The van der Waals surface area contributed by atoms with Crippen molar-refractivity contribution in [2.45, 2.75) is 50.7 Å². The third-order valence-corrected chi connectivity index (χ3v) is 7.36. The fourth-order valence-corrected chi connectivity index (χ4v) is 5.05. The second-order valence-corrected chi connectivity index (χ2v) is 9.51. The highest BCUT2D eigenvalue weighted by atomic mass is 19.4. The first-order valence-corrected chi connectivity index (χ1v) is 12.1. The monoisotopic (exact) mass is 473 g/mol. The minimum Gasteiger partial charge on any atom is -0.342 e. The summed E-state index contributed by atoms with van der Waals surface area (Å²) < 4.78 is 39.0. The molecule has 9 heteroatoms. The van der Waals surface area contributed by atoms with E-state index < -0.39 is 11.7 Å². The SMILES string of the molecule is O=C(Cc1cccc(C(F)(F)F)c1)N1CCc2cnc(N3CCN(C4CCC4)CC3)nc2CC1. The number of hydrogen-bond acceptors (Lipinski definition) is 5. The summed E-state index contributed by atoms with van der Waals surface area (Å²) in [5, 5.41) is 0. The fourth-order valence-electron chi connectivity index (χ4n) is 5.05. The number of carbonyl (C=O) groups is 1. The van der Waals surface area contributed by atoms with Gasteiger partial charge in [0.25, 0.3) is 0 Å². The van der Waals surface area contributed by atoms with Crippen molar-refractivity contribution in [1.82, 2.24) is 19.8 Å². The number of hydrogen-bond donors (Lipinski definition) is 0. The first-order valence-electron chi connectivity index (χ1n) is 12.1. The summed E-state index contributed by atoms with van der Waals surface area (Å²) >= 11 is 0. The van der Waals surface area contributed by atoms with E-state index in [2.05, 4.69) is 14.8 Å². The maximum Gasteiger partial charge on any atom is 0.416 e. The van der Waals surface area contributed by atoms with Crippen LogP contribution in [0.4, 0.5) is 19.1 Å². The third-order valence-electron chi connectivity index (χ3n) is 7.36. The summed E-state index contributed by atoms with van der Waals surface area (Å²) in [7, 11) is 0. The van der Waals surface area contributed by atoms with E-state index in [0.29, 0.717) is 31.5 Å². The van der Waals surface area contributed by atoms with E-state index >= 15 is 0 Å². The normalized spacial score (nSPS) is 20.0. The van der Waals surface area contributed by atoms with Crippen LogP contribution >= 0.6 is 0 Å². The van der Waals surface area contributed by atoms with Crippen molar-refractivity contribution in [1.29, 1.82) is 0 Å². The summed E-state index contributed by atoms with van der Waals surface area (Å²) in [5.41, 5.74) is 1.68. The van der Waals surface area contributed by atoms with Gasteiger partial charge in [-0.3, -0.25) is 9.69 Å². The molecule has 0 spiro atoms. The molecular weight excluding hydrogens is 443 g/mol. The van der Waals surface area contributed by atoms with Gasteiger partial charge in [0.2, 0.25) is 11.9 Å². The quantitative estimate of drug-likeness (QED) is 0.682. The Morgan fingerprint density at radius 3 is 2.50 bits per heavy atom. The fraction of sp³-hybridized carbons (Fsp3) is 0.560. The van der Waals surface area contributed by atoms with E-state index in [-0.39, 0.29) is 12.3 Å². The number of nitrogens with zero attached hydrogens (tertiary/aromatic N) is 5. The molecule has 1 saturated carbocycles. The zero-order chi connectivity index (χ0) is 23.7. The van der Waals surface area contributed by atoms with Crippen molar-refractivity contribution >= 4 is 11.9 Å². The van der Waals surface area contributed by atoms with Crippen LogP contribution in [0, 0.1) is 0 Å². The zero-order valence-corrected chi connectivity index (χ0v) is 19.2. The van der Waals surface area contributed by atoms with Crippen molar-refractivity contribution in [3.8, 4) is 0 Å². The van der Waals surface area contributed by atoms with E-state index in [1.54, 1.807) is 11.0 Å².